The van der Waals surface area contributed by atoms with Gasteiger partial charge in [-0.25, -0.2) is 4.98 Å². The first-order valence-corrected chi connectivity index (χ1v) is 7.70. The SMILES string of the molecule is Clc1cc(Cl)cc(Cn2ccnc2NCc2ccccc2)c1. The molecule has 0 fully saturated rings. The second-order valence-electron chi connectivity index (χ2n) is 5.00. The minimum atomic E-state index is 0.640. The lowest BCUT2D eigenvalue weighted by atomic mass is 10.2. The van der Waals surface area contributed by atoms with Gasteiger partial charge in [-0.05, 0) is 29.3 Å². The van der Waals surface area contributed by atoms with Gasteiger partial charge in [0.2, 0.25) is 5.95 Å². The second kappa shape index (κ2) is 6.86. The van der Waals surface area contributed by atoms with E-state index >= 15 is 0 Å². The molecule has 0 atom stereocenters. The van der Waals surface area contributed by atoms with E-state index in [4.69, 9.17) is 23.2 Å². The smallest absolute Gasteiger partial charge is 0.203 e. The average Bonchev–Trinajstić information content (AvgIpc) is 2.92. The molecule has 0 aliphatic rings. The minimum Gasteiger partial charge on any atom is -0.352 e. The molecule has 22 heavy (non-hydrogen) atoms. The van der Waals surface area contributed by atoms with Gasteiger partial charge < -0.3 is 9.88 Å². The Morgan fingerprint density at radius 3 is 2.41 bits per heavy atom. The summed E-state index contributed by atoms with van der Waals surface area (Å²) in [6.07, 6.45) is 3.71. The van der Waals surface area contributed by atoms with Crippen LogP contribution in [0.4, 0.5) is 5.95 Å². The van der Waals surface area contributed by atoms with Crippen LogP contribution in [0.1, 0.15) is 11.1 Å². The van der Waals surface area contributed by atoms with Crippen LogP contribution < -0.4 is 5.32 Å². The van der Waals surface area contributed by atoms with E-state index in [2.05, 4.69) is 22.4 Å². The number of aromatic nitrogens is 2. The summed E-state index contributed by atoms with van der Waals surface area (Å²) in [4.78, 5) is 4.36. The fourth-order valence-corrected chi connectivity index (χ4v) is 2.85. The molecule has 0 bridgehead atoms. The molecule has 5 heteroatoms. The molecular formula is C17H15Cl2N3. The monoisotopic (exact) mass is 331 g/mol. The number of benzene rings is 2. The summed E-state index contributed by atoms with van der Waals surface area (Å²) in [6.45, 7) is 1.39. The minimum absolute atomic E-state index is 0.640. The molecule has 0 aliphatic carbocycles. The molecule has 0 saturated heterocycles. The number of imidazole rings is 1. The predicted octanol–water partition coefficient (Wildman–Crippen LogP) is 4.85. The van der Waals surface area contributed by atoms with Gasteiger partial charge in [0, 0.05) is 29.0 Å². The molecule has 0 spiro atoms. The zero-order valence-electron chi connectivity index (χ0n) is 11.8. The summed E-state index contributed by atoms with van der Waals surface area (Å²) in [6, 6.07) is 15.8. The Hall–Kier alpha value is -1.97. The number of nitrogens with one attached hydrogen (secondary N) is 1. The number of nitrogens with zero attached hydrogens (tertiary/aromatic N) is 2. The topological polar surface area (TPSA) is 29.9 Å². The van der Waals surface area contributed by atoms with Crippen LogP contribution in [0.5, 0.6) is 0 Å². The third-order valence-corrected chi connectivity index (χ3v) is 3.72. The number of hydrogen-bond acceptors (Lipinski definition) is 2. The maximum Gasteiger partial charge on any atom is 0.203 e. The lowest BCUT2D eigenvalue weighted by Crippen LogP contribution is -2.08. The number of anilines is 1. The third-order valence-electron chi connectivity index (χ3n) is 3.28. The maximum absolute atomic E-state index is 6.05. The highest BCUT2D eigenvalue weighted by Crippen LogP contribution is 2.20. The predicted molar refractivity (Wildman–Crippen MR) is 91.6 cm³/mol. The van der Waals surface area contributed by atoms with Gasteiger partial charge in [-0.1, -0.05) is 53.5 Å². The lowest BCUT2D eigenvalue weighted by Gasteiger charge is -2.10. The van der Waals surface area contributed by atoms with E-state index in [9.17, 15) is 0 Å². The number of hydrogen-bond donors (Lipinski definition) is 1. The van der Waals surface area contributed by atoms with Crippen LogP contribution in [0.2, 0.25) is 10.0 Å². The summed E-state index contributed by atoms with van der Waals surface area (Å²) < 4.78 is 2.03. The molecule has 0 radical (unpaired) electrons. The molecule has 3 nitrogen and oxygen atoms in total. The molecule has 1 heterocycles. The highest BCUT2D eigenvalue weighted by molar-refractivity contribution is 6.34. The van der Waals surface area contributed by atoms with E-state index in [1.165, 1.54) is 5.56 Å². The van der Waals surface area contributed by atoms with Crippen molar-refractivity contribution in [1.82, 2.24) is 9.55 Å². The van der Waals surface area contributed by atoms with Gasteiger partial charge in [-0.2, -0.15) is 0 Å². The van der Waals surface area contributed by atoms with Gasteiger partial charge in [0.15, 0.2) is 0 Å². The molecular weight excluding hydrogens is 317 g/mol. The van der Waals surface area contributed by atoms with Gasteiger partial charge in [-0.15, -0.1) is 0 Å². The molecule has 2 aromatic carbocycles. The Morgan fingerprint density at radius 2 is 1.68 bits per heavy atom. The average molecular weight is 332 g/mol. The second-order valence-corrected chi connectivity index (χ2v) is 5.87. The van der Waals surface area contributed by atoms with Crippen LogP contribution >= 0.6 is 23.2 Å². The summed E-state index contributed by atoms with van der Waals surface area (Å²) in [5, 5.41) is 4.63. The lowest BCUT2D eigenvalue weighted by molar-refractivity contribution is 0.797. The van der Waals surface area contributed by atoms with Gasteiger partial charge in [0.05, 0.1) is 6.54 Å². The molecule has 1 aromatic heterocycles. The number of halogens is 2. The third kappa shape index (κ3) is 3.81. The van der Waals surface area contributed by atoms with Crippen molar-refractivity contribution in [3.05, 3.63) is 82.1 Å². The molecule has 3 aromatic rings. The summed E-state index contributed by atoms with van der Waals surface area (Å²) >= 11 is 12.1. The largest absolute Gasteiger partial charge is 0.352 e. The maximum atomic E-state index is 6.05. The van der Waals surface area contributed by atoms with Gasteiger partial charge in [0.25, 0.3) is 0 Å². The van der Waals surface area contributed by atoms with Crippen molar-refractivity contribution >= 4 is 29.2 Å². The molecule has 112 valence electrons. The summed E-state index contributed by atoms with van der Waals surface area (Å²) in [5.41, 5.74) is 2.25. The van der Waals surface area contributed by atoms with Crippen LogP contribution in [0.3, 0.4) is 0 Å². The highest BCUT2D eigenvalue weighted by atomic mass is 35.5. The fraction of sp³-hybridized carbons (Fsp3) is 0.118. The molecule has 0 unspecified atom stereocenters. The first-order chi connectivity index (χ1) is 10.7. The molecule has 1 N–H and O–H groups in total. The van der Waals surface area contributed by atoms with Crippen molar-refractivity contribution in [1.29, 1.82) is 0 Å². The Bertz CT molecular complexity index is 733. The van der Waals surface area contributed by atoms with Gasteiger partial charge in [0.1, 0.15) is 0 Å². The van der Waals surface area contributed by atoms with Crippen LogP contribution in [0, 0.1) is 0 Å². The van der Waals surface area contributed by atoms with E-state index in [0.29, 0.717) is 16.6 Å². The van der Waals surface area contributed by atoms with E-state index in [0.717, 1.165) is 18.1 Å². The van der Waals surface area contributed by atoms with Crippen LogP contribution in [-0.2, 0) is 13.1 Å². The van der Waals surface area contributed by atoms with Crippen LogP contribution in [-0.4, -0.2) is 9.55 Å². The van der Waals surface area contributed by atoms with Crippen molar-refractivity contribution < 1.29 is 0 Å². The van der Waals surface area contributed by atoms with Crippen molar-refractivity contribution in [3.63, 3.8) is 0 Å². The first kappa shape index (κ1) is 14.9. The van der Waals surface area contributed by atoms with E-state index in [-0.39, 0.29) is 0 Å². The zero-order valence-corrected chi connectivity index (χ0v) is 13.3. The first-order valence-electron chi connectivity index (χ1n) is 6.94. The van der Waals surface area contributed by atoms with Crippen LogP contribution in [0.25, 0.3) is 0 Å². The zero-order chi connectivity index (χ0) is 15.4. The van der Waals surface area contributed by atoms with E-state index < -0.39 is 0 Å². The Labute approximate surface area is 139 Å². The van der Waals surface area contributed by atoms with Crippen molar-refractivity contribution in [3.8, 4) is 0 Å². The number of rotatable bonds is 5. The Balaban J connectivity index is 1.72. The quantitative estimate of drug-likeness (QED) is 0.724. The molecule has 3 rings (SSSR count). The van der Waals surface area contributed by atoms with E-state index in [1.54, 1.807) is 12.3 Å². The molecule has 0 amide bonds. The normalized spacial score (nSPS) is 10.6. The Morgan fingerprint density at radius 1 is 0.955 bits per heavy atom. The van der Waals surface area contributed by atoms with Gasteiger partial charge in [-0.3, -0.25) is 0 Å². The standard InChI is InChI=1S/C17H15Cl2N3/c18-15-8-14(9-16(19)10-15)12-22-7-6-20-17(22)21-11-13-4-2-1-3-5-13/h1-10H,11-12H2,(H,20,21). The van der Waals surface area contributed by atoms with Gasteiger partial charge >= 0.3 is 0 Å². The van der Waals surface area contributed by atoms with E-state index in [1.807, 2.05) is 41.1 Å². The fourth-order valence-electron chi connectivity index (χ4n) is 2.28. The summed E-state index contributed by atoms with van der Waals surface area (Å²) in [5.74, 6) is 0.819. The molecule has 0 aliphatic heterocycles. The van der Waals surface area contributed by atoms with Crippen molar-refractivity contribution in [2.45, 2.75) is 13.1 Å². The molecule has 0 saturated carbocycles. The highest BCUT2D eigenvalue weighted by Gasteiger charge is 2.05. The van der Waals surface area contributed by atoms with Crippen LogP contribution in [0.15, 0.2) is 60.9 Å². The summed E-state index contributed by atoms with van der Waals surface area (Å²) in [7, 11) is 0. The van der Waals surface area contributed by atoms with Crippen molar-refractivity contribution in [2.24, 2.45) is 0 Å². The Kier molecular flexibility index (Phi) is 4.66. The van der Waals surface area contributed by atoms with Crippen molar-refractivity contribution in [2.75, 3.05) is 5.32 Å².